The van der Waals surface area contributed by atoms with Crippen molar-refractivity contribution in [2.45, 2.75) is 25.7 Å². The Kier molecular flexibility index (Phi) is 2.68. The van der Waals surface area contributed by atoms with Crippen molar-refractivity contribution < 1.29 is 9.18 Å². The number of nitrogens with one attached hydrogen (secondary N) is 1. The standard InChI is InChI=1S/C18H21FN2O/c19-17-12(2-1-5-20-17)18(22)21-8-15-11-4-3-10-9-6-13(15)14(7-9)16(10)11/h1-2,5,9-11,13-16H,3-4,6-8H2,(H,21,22). The van der Waals surface area contributed by atoms with Gasteiger partial charge in [-0.1, -0.05) is 0 Å². The molecule has 4 fully saturated rings. The number of pyridine rings is 1. The molecule has 4 heteroatoms. The summed E-state index contributed by atoms with van der Waals surface area (Å²) >= 11 is 0. The molecule has 2 bridgehead atoms. The monoisotopic (exact) mass is 300 g/mol. The van der Waals surface area contributed by atoms with Gasteiger partial charge in [-0.25, -0.2) is 4.98 Å². The lowest BCUT2D eigenvalue weighted by molar-refractivity contribution is 0.0932. The molecule has 1 aromatic rings. The van der Waals surface area contributed by atoms with Gasteiger partial charge in [-0.2, -0.15) is 4.39 Å². The van der Waals surface area contributed by atoms with Crippen LogP contribution >= 0.6 is 0 Å². The number of halogens is 1. The molecule has 7 atom stereocenters. The van der Waals surface area contributed by atoms with Crippen LogP contribution in [0.3, 0.4) is 0 Å². The second-order valence-corrected chi connectivity index (χ2v) is 7.76. The van der Waals surface area contributed by atoms with E-state index in [9.17, 15) is 9.18 Å². The smallest absolute Gasteiger partial charge is 0.255 e. The molecule has 4 aliphatic carbocycles. The summed E-state index contributed by atoms with van der Waals surface area (Å²) < 4.78 is 13.6. The molecule has 1 N–H and O–H groups in total. The van der Waals surface area contributed by atoms with E-state index in [1.54, 1.807) is 6.07 Å². The zero-order valence-corrected chi connectivity index (χ0v) is 12.5. The molecule has 5 rings (SSSR count). The Morgan fingerprint density at radius 1 is 1.23 bits per heavy atom. The van der Waals surface area contributed by atoms with Gasteiger partial charge in [-0.15, -0.1) is 0 Å². The number of rotatable bonds is 3. The summed E-state index contributed by atoms with van der Waals surface area (Å²) in [5.74, 6) is 5.10. The van der Waals surface area contributed by atoms with Crippen LogP contribution in [-0.2, 0) is 0 Å². The van der Waals surface area contributed by atoms with Crippen LogP contribution in [-0.4, -0.2) is 17.4 Å². The predicted molar refractivity (Wildman–Crippen MR) is 79.4 cm³/mol. The molecule has 0 aliphatic heterocycles. The zero-order valence-electron chi connectivity index (χ0n) is 12.5. The lowest BCUT2D eigenvalue weighted by Crippen LogP contribution is -2.34. The topological polar surface area (TPSA) is 42.0 Å². The number of aromatic nitrogens is 1. The Hall–Kier alpha value is -1.45. The van der Waals surface area contributed by atoms with Crippen LogP contribution in [0, 0.1) is 47.4 Å². The van der Waals surface area contributed by atoms with E-state index in [1.807, 2.05) is 0 Å². The largest absolute Gasteiger partial charge is 0.352 e. The van der Waals surface area contributed by atoms with Gasteiger partial charge in [0.1, 0.15) is 0 Å². The summed E-state index contributed by atoms with van der Waals surface area (Å²) in [6.45, 7) is 0.717. The van der Waals surface area contributed by atoms with Crippen LogP contribution < -0.4 is 5.32 Å². The van der Waals surface area contributed by atoms with Crippen molar-refractivity contribution in [3.8, 4) is 0 Å². The third-order valence-electron chi connectivity index (χ3n) is 7.22. The third-order valence-corrected chi connectivity index (χ3v) is 7.22. The number of hydrogen-bond donors (Lipinski definition) is 1. The molecule has 4 aliphatic rings. The summed E-state index contributed by atoms with van der Waals surface area (Å²) in [6.07, 6.45) is 6.95. The maximum Gasteiger partial charge on any atom is 0.255 e. The first kappa shape index (κ1) is 13.0. The highest BCUT2D eigenvalue weighted by Crippen LogP contribution is 2.71. The lowest BCUT2D eigenvalue weighted by atomic mass is 9.79. The molecule has 1 amide bonds. The highest BCUT2D eigenvalue weighted by atomic mass is 19.1. The van der Waals surface area contributed by atoms with Crippen molar-refractivity contribution in [2.24, 2.45) is 41.4 Å². The Morgan fingerprint density at radius 2 is 2.05 bits per heavy atom. The molecule has 0 saturated heterocycles. The first-order chi connectivity index (χ1) is 10.7. The fourth-order valence-electron chi connectivity index (χ4n) is 6.68. The SMILES string of the molecule is O=C(NCC1C2CC3CC2C2C3CCC12)c1cccnc1F. The van der Waals surface area contributed by atoms with Crippen LogP contribution in [0.4, 0.5) is 4.39 Å². The van der Waals surface area contributed by atoms with E-state index in [-0.39, 0.29) is 11.5 Å². The van der Waals surface area contributed by atoms with Crippen LogP contribution in [0.2, 0.25) is 0 Å². The van der Waals surface area contributed by atoms with Crippen LogP contribution in [0.5, 0.6) is 0 Å². The minimum absolute atomic E-state index is 0.0667. The average Bonchev–Trinajstić information content (AvgIpc) is 3.21. The molecular formula is C18H21FN2O. The number of carbonyl (C=O) groups excluding carboxylic acids is 1. The van der Waals surface area contributed by atoms with E-state index in [4.69, 9.17) is 0 Å². The molecule has 0 aromatic carbocycles. The van der Waals surface area contributed by atoms with E-state index >= 15 is 0 Å². The van der Waals surface area contributed by atoms with E-state index in [1.165, 1.54) is 37.9 Å². The molecule has 0 radical (unpaired) electrons. The van der Waals surface area contributed by atoms with Gasteiger partial charge in [0.05, 0.1) is 5.56 Å². The summed E-state index contributed by atoms with van der Waals surface area (Å²) in [7, 11) is 0. The van der Waals surface area contributed by atoms with E-state index in [0.717, 1.165) is 42.1 Å². The molecule has 1 aromatic heterocycles. The number of amides is 1. The normalized spacial score (nSPS) is 43.8. The number of nitrogens with zero attached hydrogens (tertiary/aromatic N) is 1. The quantitative estimate of drug-likeness (QED) is 0.872. The fraction of sp³-hybridized carbons (Fsp3) is 0.667. The first-order valence-electron chi connectivity index (χ1n) is 8.62. The molecule has 3 nitrogen and oxygen atoms in total. The molecule has 7 unspecified atom stereocenters. The minimum atomic E-state index is -0.673. The average molecular weight is 300 g/mol. The van der Waals surface area contributed by atoms with Gasteiger partial charge in [0, 0.05) is 12.7 Å². The van der Waals surface area contributed by atoms with Crippen molar-refractivity contribution in [1.29, 1.82) is 0 Å². The molecule has 22 heavy (non-hydrogen) atoms. The van der Waals surface area contributed by atoms with Crippen molar-refractivity contribution in [1.82, 2.24) is 10.3 Å². The second kappa shape index (κ2) is 4.53. The maximum absolute atomic E-state index is 13.6. The Labute approximate surface area is 129 Å². The third kappa shape index (κ3) is 1.61. The fourth-order valence-corrected chi connectivity index (χ4v) is 6.68. The van der Waals surface area contributed by atoms with E-state index < -0.39 is 5.95 Å². The summed E-state index contributed by atoms with van der Waals surface area (Å²) in [5, 5.41) is 3.00. The Bertz CT molecular complexity index is 633. The van der Waals surface area contributed by atoms with Gasteiger partial charge in [-0.3, -0.25) is 4.79 Å². The first-order valence-corrected chi connectivity index (χ1v) is 8.62. The second-order valence-electron chi connectivity index (χ2n) is 7.76. The van der Waals surface area contributed by atoms with Crippen molar-refractivity contribution in [3.05, 3.63) is 29.8 Å². The molecular weight excluding hydrogens is 279 g/mol. The number of hydrogen-bond acceptors (Lipinski definition) is 2. The van der Waals surface area contributed by atoms with Crippen LogP contribution in [0.15, 0.2) is 18.3 Å². The molecule has 116 valence electrons. The van der Waals surface area contributed by atoms with Crippen molar-refractivity contribution in [2.75, 3.05) is 6.54 Å². The van der Waals surface area contributed by atoms with Crippen molar-refractivity contribution >= 4 is 5.91 Å². The molecule has 4 saturated carbocycles. The predicted octanol–water partition coefficient (Wildman–Crippen LogP) is 2.88. The van der Waals surface area contributed by atoms with Crippen molar-refractivity contribution in [3.63, 3.8) is 0 Å². The lowest BCUT2D eigenvalue weighted by Gasteiger charge is -2.27. The number of carbonyl (C=O) groups is 1. The van der Waals surface area contributed by atoms with Gasteiger partial charge >= 0.3 is 0 Å². The van der Waals surface area contributed by atoms with Gasteiger partial charge in [-0.05, 0) is 79.2 Å². The zero-order chi connectivity index (χ0) is 14.8. The summed E-state index contributed by atoms with van der Waals surface area (Å²) in [6, 6.07) is 3.12. The van der Waals surface area contributed by atoms with Gasteiger partial charge in [0.15, 0.2) is 0 Å². The summed E-state index contributed by atoms with van der Waals surface area (Å²) in [4.78, 5) is 15.8. The Morgan fingerprint density at radius 3 is 2.91 bits per heavy atom. The van der Waals surface area contributed by atoms with E-state index in [2.05, 4.69) is 10.3 Å². The van der Waals surface area contributed by atoms with E-state index in [0.29, 0.717) is 5.92 Å². The highest BCUT2D eigenvalue weighted by Gasteiger charge is 2.65. The van der Waals surface area contributed by atoms with Crippen LogP contribution in [0.1, 0.15) is 36.0 Å². The summed E-state index contributed by atoms with van der Waals surface area (Å²) in [5.41, 5.74) is 0.0667. The Balaban J connectivity index is 1.31. The number of fused-ring (bicyclic) bond motifs is 2. The van der Waals surface area contributed by atoms with Gasteiger partial charge in [0.2, 0.25) is 5.95 Å². The minimum Gasteiger partial charge on any atom is -0.352 e. The molecule has 1 heterocycles. The maximum atomic E-state index is 13.6. The highest BCUT2D eigenvalue weighted by molar-refractivity contribution is 5.94. The van der Waals surface area contributed by atoms with Gasteiger partial charge < -0.3 is 5.32 Å². The molecule has 0 spiro atoms. The van der Waals surface area contributed by atoms with Crippen LogP contribution in [0.25, 0.3) is 0 Å². The van der Waals surface area contributed by atoms with Gasteiger partial charge in [0.25, 0.3) is 5.91 Å².